The van der Waals surface area contributed by atoms with Crippen LogP contribution in [0.4, 0.5) is 0 Å². The van der Waals surface area contributed by atoms with Crippen LogP contribution in [-0.4, -0.2) is 0 Å². The van der Waals surface area contributed by atoms with E-state index in [1.807, 2.05) is 22.7 Å². The standard InChI is InChI=1S/C26H20S2/c1-2-3-4-20-11-19-13-24-17(15-26(19)28-20)6-8-21-22(24)7-5-16-14-25-18(9-10-27-25)12-23(16)21/h5-15H,2-4H2,1H3. The molecule has 4 aromatic carbocycles. The topological polar surface area (TPSA) is 0 Å². The summed E-state index contributed by atoms with van der Waals surface area (Å²) in [6.45, 7) is 2.27. The third-order valence-corrected chi connectivity index (χ3v) is 7.91. The minimum atomic E-state index is 1.20. The fourth-order valence-corrected chi connectivity index (χ4v) is 6.35. The monoisotopic (exact) mass is 396 g/mol. The summed E-state index contributed by atoms with van der Waals surface area (Å²) in [7, 11) is 0. The summed E-state index contributed by atoms with van der Waals surface area (Å²) < 4.78 is 2.78. The maximum atomic E-state index is 2.41. The van der Waals surface area contributed by atoms with Crippen molar-refractivity contribution < 1.29 is 0 Å². The van der Waals surface area contributed by atoms with Gasteiger partial charge < -0.3 is 0 Å². The van der Waals surface area contributed by atoms with Gasteiger partial charge in [-0.25, -0.2) is 0 Å². The molecule has 2 heterocycles. The number of fused-ring (bicyclic) bond motifs is 7. The first kappa shape index (κ1) is 16.5. The molecule has 0 amide bonds. The second kappa shape index (κ2) is 6.30. The molecule has 0 nitrogen and oxygen atoms in total. The minimum Gasteiger partial charge on any atom is -0.144 e. The maximum absolute atomic E-state index is 2.41. The van der Waals surface area contributed by atoms with Gasteiger partial charge in [0.2, 0.25) is 0 Å². The van der Waals surface area contributed by atoms with Gasteiger partial charge in [-0.05, 0) is 97.7 Å². The Morgan fingerprint density at radius 3 is 2.11 bits per heavy atom. The zero-order valence-corrected chi connectivity index (χ0v) is 17.4. The van der Waals surface area contributed by atoms with E-state index in [1.165, 1.54) is 76.6 Å². The second-order valence-corrected chi connectivity index (χ2v) is 9.80. The fourth-order valence-electron chi connectivity index (χ4n) is 4.39. The zero-order valence-electron chi connectivity index (χ0n) is 15.8. The van der Waals surface area contributed by atoms with Crippen LogP contribution in [0.15, 0.2) is 66.0 Å². The Morgan fingerprint density at radius 2 is 1.36 bits per heavy atom. The summed E-state index contributed by atoms with van der Waals surface area (Å²) in [5, 5.41) is 13.1. The highest BCUT2D eigenvalue weighted by atomic mass is 32.1. The molecule has 0 aliphatic rings. The largest absolute Gasteiger partial charge is 0.144 e. The number of aryl methyl sites for hydroxylation is 1. The summed E-state index contributed by atoms with van der Waals surface area (Å²) in [5.41, 5.74) is 0. The van der Waals surface area contributed by atoms with E-state index < -0.39 is 0 Å². The van der Waals surface area contributed by atoms with Crippen LogP contribution < -0.4 is 0 Å². The van der Waals surface area contributed by atoms with Gasteiger partial charge in [0, 0.05) is 14.3 Å². The van der Waals surface area contributed by atoms with Crippen LogP contribution in [0.5, 0.6) is 0 Å². The molecular weight excluding hydrogens is 376 g/mol. The van der Waals surface area contributed by atoms with Gasteiger partial charge in [0.1, 0.15) is 0 Å². The summed E-state index contributed by atoms with van der Waals surface area (Å²) in [5.74, 6) is 0. The molecule has 0 bridgehead atoms. The first-order valence-electron chi connectivity index (χ1n) is 9.99. The van der Waals surface area contributed by atoms with E-state index in [-0.39, 0.29) is 0 Å². The molecule has 0 unspecified atom stereocenters. The molecule has 136 valence electrons. The highest BCUT2D eigenvalue weighted by molar-refractivity contribution is 7.19. The van der Waals surface area contributed by atoms with Gasteiger partial charge in [0.15, 0.2) is 0 Å². The van der Waals surface area contributed by atoms with Crippen LogP contribution in [0.25, 0.3) is 52.5 Å². The van der Waals surface area contributed by atoms with Crippen molar-refractivity contribution in [2.24, 2.45) is 0 Å². The lowest BCUT2D eigenvalue weighted by molar-refractivity contribution is 0.804. The summed E-state index contributed by atoms with van der Waals surface area (Å²) in [6, 6.07) is 23.4. The van der Waals surface area contributed by atoms with Crippen molar-refractivity contribution in [2.75, 3.05) is 0 Å². The van der Waals surface area contributed by atoms with E-state index in [1.54, 1.807) is 0 Å². The number of unbranched alkanes of at least 4 members (excludes halogenated alkanes) is 1. The molecule has 0 N–H and O–H groups in total. The normalized spacial score (nSPS) is 12.2. The van der Waals surface area contributed by atoms with Crippen LogP contribution in [0, 0.1) is 0 Å². The van der Waals surface area contributed by atoms with E-state index in [2.05, 4.69) is 73.0 Å². The van der Waals surface area contributed by atoms with Crippen LogP contribution in [0.3, 0.4) is 0 Å². The van der Waals surface area contributed by atoms with E-state index in [0.29, 0.717) is 0 Å². The van der Waals surface area contributed by atoms with Crippen molar-refractivity contribution in [2.45, 2.75) is 26.2 Å². The first-order chi connectivity index (χ1) is 13.8. The number of hydrogen-bond donors (Lipinski definition) is 0. The Morgan fingerprint density at radius 1 is 0.643 bits per heavy atom. The molecule has 28 heavy (non-hydrogen) atoms. The van der Waals surface area contributed by atoms with Crippen LogP contribution in [0.1, 0.15) is 24.6 Å². The Balaban J connectivity index is 1.64. The van der Waals surface area contributed by atoms with Crippen molar-refractivity contribution in [1.29, 1.82) is 0 Å². The number of thiophene rings is 2. The number of rotatable bonds is 3. The van der Waals surface area contributed by atoms with Gasteiger partial charge in [-0.2, -0.15) is 0 Å². The lowest BCUT2D eigenvalue weighted by atomic mass is 9.96. The molecule has 0 saturated carbocycles. The first-order valence-corrected chi connectivity index (χ1v) is 11.7. The van der Waals surface area contributed by atoms with E-state index >= 15 is 0 Å². The Kier molecular flexibility index (Phi) is 3.72. The third kappa shape index (κ3) is 2.48. The van der Waals surface area contributed by atoms with E-state index in [4.69, 9.17) is 0 Å². The van der Waals surface area contributed by atoms with Gasteiger partial charge in [-0.1, -0.05) is 37.6 Å². The molecule has 0 aliphatic heterocycles. The molecule has 0 fully saturated rings. The maximum Gasteiger partial charge on any atom is 0.0352 e. The van der Waals surface area contributed by atoms with Gasteiger partial charge in [-0.15, -0.1) is 22.7 Å². The predicted octanol–water partition coefficient (Wildman–Crippen LogP) is 8.92. The Labute approximate surface area is 172 Å². The van der Waals surface area contributed by atoms with Crippen LogP contribution >= 0.6 is 22.7 Å². The molecule has 0 atom stereocenters. The van der Waals surface area contributed by atoms with Gasteiger partial charge in [0.05, 0.1) is 0 Å². The predicted molar refractivity (Wildman–Crippen MR) is 128 cm³/mol. The highest BCUT2D eigenvalue weighted by Gasteiger charge is 2.09. The van der Waals surface area contributed by atoms with Crippen molar-refractivity contribution >= 4 is 75.2 Å². The van der Waals surface area contributed by atoms with Crippen molar-refractivity contribution in [3.63, 3.8) is 0 Å². The van der Waals surface area contributed by atoms with Crippen molar-refractivity contribution in [3.8, 4) is 0 Å². The highest BCUT2D eigenvalue weighted by Crippen LogP contribution is 2.37. The van der Waals surface area contributed by atoms with Gasteiger partial charge in [0.25, 0.3) is 0 Å². The third-order valence-electron chi connectivity index (χ3n) is 5.87. The second-order valence-electron chi connectivity index (χ2n) is 7.69. The fraction of sp³-hybridized carbons (Fsp3) is 0.154. The van der Waals surface area contributed by atoms with Crippen LogP contribution in [0.2, 0.25) is 0 Å². The van der Waals surface area contributed by atoms with E-state index in [0.717, 1.165) is 0 Å². The molecule has 0 aliphatic carbocycles. The summed E-state index contributed by atoms with van der Waals surface area (Å²) in [6.07, 6.45) is 3.73. The minimum absolute atomic E-state index is 1.20. The number of benzene rings is 4. The molecule has 2 aromatic heterocycles. The molecule has 0 spiro atoms. The number of hydrogen-bond acceptors (Lipinski definition) is 2. The zero-order chi connectivity index (χ0) is 18.7. The van der Waals surface area contributed by atoms with Crippen molar-refractivity contribution in [3.05, 3.63) is 70.9 Å². The quantitative estimate of drug-likeness (QED) is 0.262. The average molecular weight is 397 g/mol. The Hall–Kier alpha value is -2.42. The van der Waals surface area contributed by atoms with Gasteiger partial charge in [-0.3, -0.25) is 0 Å². The van der Waals surface area contributed by atoms with Gasteiger partial charge >= 0.3 is 0 Å². The van der Waals surface area contributed by atoms with E-state index in [9.17, 15) is 0 Å². The van der Waals surface area contributed by atoms with Crippen molar-refractivity contribution in [1.82, 2.24) is 0 Å². The summed E-state index contributed by atoms with van der Waals surface area (Å²) >= 11 is 3.78. The lowest BCUT2D eigenvalue weighted by Crippen LogP contribution is -1.81. The van der Waals surface area contributed by atoms with Crippen LogP contribution in [-0.2, 0) is 6.42 Å². The SMILES string of the molecule is CCCCc1cc2cc3c(ccc4c5cc6ccsc6cc5ccc34)cc2s1. The average Bonchev–Trinajstić information content (AvgIpc) is 3.33. The molecule has 0 radical (unpaired) electrons. The molecule has 6 rings (SSSR count). The molecular formula is C26H20S2. The summed E-state index contributed by atoms with van der Waals surface area (Å²) in [4.78, 5) is 1.52. The molecule has 6 aromatic rings. The molecule has 2 heteroatoms. The molecule has 0 saturated heterocycles. The Bertz CT molecular complexity index is 1500. The lowest BCUT2D eigenvalue weighted by Gasteiger charge is -2.08. The smallest absolute Gasteiger partial charge is 0.0352 e.